The van der Waals surface area contributed by atoms with Gasteiger partial charge in [0.15, 0.2) is 5.78 Å². The van der Waals surface area contributed by atoms with Gasteiger partial charge in [0.05, 0.1) is 11.4 Å². The molecule has 0 saturated heterocycles. The van der Waals surface area contributed by atoms with Gasteiger partial charge >= 0.3 is 0 Å². The number of benzene rings is 1. The predicted octanol–water partition coefficient (Wildman–Crippen LogP) is 4.59. The average molecular weight is 396 g/mol. The summed E-state index contributed by atoms with van der Waals surface area (Å²) < 4.78 is 21.5. The fourth-order valence-electron chi connectivity index (χ4n) is 3.09. The molecule has 0 unspecified atom stereocenters. The van der Waals surface area contributed by atoms with Crippen LogP contribution in [0.25, 0.3) is 17.3 Å². The van der Waals surface area contributed by atoms with Gasteiger partial charge in [0.25, 0.3) is 11.1 Å². The van der Waals surface area contributed by atoms with Crippen molar-refractivity contribution in [2.24, 2.45) is 0 Å². The smallest absolute Gasteiger partial charge is 0.277 e. The summed E-state index contributed by atoms with van der Waals surface area (Å²) in [5, 5.41) is 8.25. The molecule has 0 aliphatic carbocycles. The second kappa shape index (κ2) is 7.47. The second-order valence-electron chi connectivity index (χ2n) is 6.24. The molecule has 1 N–H and O–H groups in total. The molecule has 4 rings (SSSR count). The maximum Gasteiger partial charge on any atom is 0.277 e. The van der Waals surface area contributed by atoms with Crippen LogP contribution >= 0.6 is 11.8 Å². The second-order valence-corrected chi connectivity index (χ2v) is 7.17. The standard InChI is InChI=1S/C20H17FN4O2S/c1-12-10-14(13(2)25(12)17-8-4-3-6-15(17)21)18(26)11-28-20-24-23-19(27-20)16-7-5-9-22-16/h3-10,22H,11H2,1-2H3. The number of carbonyl (C=O) groups is 1. The molecule has 6 nitrogen and oxygen atoms in total. The molecule has 3 heterocycles. The highest BCUT2D eigenvalue weighted by Crippen LogP contribution is 2.26. The molecule has 0 aliphatic heterocycles. The lowest BCUT2D eigenvalue weighted by atomic mass is 10.2. The van der Waals surface area contributed by atoms with Crippen LogP contribution in [0.3, 0.4) is 0 Å². The third-order valence-corrected chi connectivity index (χ3v) is 5.20. The van der Waals surface area contributed by atoms with E-state index in [4.69, 9.17) is 4.42 Å². The van der Waals surface area contributed by atoms with Crippen molar-refractivity contribution in [3.8, 4) is 17.3 Å². The van der Waals surface area contributed by atoms with E-state index in [0.717, 1.165) is 11.4 Å². The van der Waals surface area contributed by atoms with Crippen LogP contribution in [0.1, 0.15) is 21.7 Å². The number of Topliss-reactive ketones (excluding diaryl/α,β-unsaturated/α-hetero) is 1. The first-order chi connectivity index (χ1) is 13.5. The number of para-hydroxylation sites is 1. The topological polar surface area (TPSA) is 76.7 Å². The number of hydrogen-bond acceptors (Lipinski definition) is 5. The Morgan fingerprint density at radius 3 is 2.79 bits per heavy atom. The Labute approximate surface area is 164 Å². The number of hydrogen-bond donors (Lipinski definition) is 1. The number of ketones is 1. The van der Waals surface area contributed by atoms with Crippen molar-refractivity contribution in [2.75, 3.05) is 5.75 Å². The van der Waals surface area contributed by atoms with E-state index >= 15 is 0 Å². The van der Waals surface area contributed by atoms with Crippen molar-refractivity contribution in [1.82, 2.24) is 19.7 Å². The van der Waals surface area contributed by atoms with Crippen LogP contribution in [0, 0.1) is 19.7 Å². The summed E-state index contributed by atoms with van der Waals surface area (Å²) in [5.74, 6) is 0.104. The third-order valence-electron chi connectivity index (χ3n) is 4.39. The first kappa shape index (κ1) is 18.2. The van der Waals surface area contributed by atoms with Crippen LogP contribution in [0.2, 0.25) is 0 Å². The van der Waals surface area contributed by atoms with E-state index in [2.05, 4.69) is 15.2 Å². The largest absolute Gasteiger partial charge is 0.410 e. The van der Waals surface area contributed by atoms with Crippen molar-refractivity contribution < 1.29 is 13.6 Å². The number of thioether (sulfide) groups is 1. The van der Waals surface area contributed by atoms with E-state index in [0.29, 0.717) is 28.1 Å². The van der Waals surface area contributed by atoms with Crippen LogP contribution in [0.5, 0.6) is 0 Å². The molecule has 0 amide bonds. The average Bonchev–Trinajstić information content (AvgIpc) is 3.41. The number of H-pyrrole nitrogens is 1. The molecular formula is C20H17FN4O2S. The van der Waals surface area contributed by atoms with Gasteiger partial charge in [-0.05, 0) is 44.2 Å². The summed E-state index contributed by atoms with van der Waals surface area (Å²) in [5.41, 5.74) is 3.20. The van der Waals surface area contributed by atoms with Gasteiger partial charge in [-0.2, -0.15) is 0 Å². The van der Waals surface area contributed by atoms with Gasteiger partial charge in [-0.15, -0.1) is 10.2 Å². The molecule has 0 saturated carbocycles. The first-order valence-corrected chi connectivity index (χ1v) is 9.60. The molecule has 0 radical (unpaired) electrons. The minimum Gasteiger partial charge on any atom is -0.410 e. The number of nitrogens with zero attached hydrogens (tertiary/aromatic N) is 3. The Kier molecular flexibility index (Phi) is 4.87. The van der Waals surface area contributed by atoms with E-state index in [-0.39, 0.29) is 17.4 Å². The number of aryl methyl sites for hydroxylation is 1. The Morgan fingerprint density at radius 1 is 1.21 bits per heavy atom. The van der Waals surface area contributed by atoms with Gasteiger partial charge in [-0.3, -0.25) is 4.79 Å². The monoisotopic (exact) mass is 396 g/mol. The van der Waals surface area contributed by atoms with Crippen LogP contribution in [0.4, 0.5) is 4.39 Å². The fourth-order valence-corrected chi connectivity index (χ4v) is 3.74. The highest BCUT2D eigenvalue weighted by Gasteiger charge is 2.19. The minimum atomic E-state index is -0.333. The number of aromatic nitrogens is 4. The maximum atomic E-state index is 14.2. The number of carbonyl (C=O) groups excluding carboxylic acids is 1. The zero-order chi connectivity index (χ0) is 19.7. The molecule has 0 spiro atoms. The van der Waals surface area contributed by atoms with Crippen molar-refractivity contribution in [1.29, 1.82) is 0 Å². The van der Waals surface area contributed by atoms with Gasteiger partial charge in [-0.25, -0.2) is 4.39 Å². The van der Waals surface area contributed by atoms with E-state index in [1.807, 2.05) is 26.0 Å². The molecule has 28 heavy (non-hydrogen) atoms. The lowest BCUT2D eigenvalue weighted by Gasteiger charge is -2.10. The predicted molar refractivity (Wildman–Crippen MR) is 104 cm³/mol. The highest BCUT2D eigenvalue weighted by atomic mass is 32.2. The van der Waals surface area contributed by atoms with Crippen molar-refractivity contribution in [3.05, 3.63) is 71.4 Å². The lowest BCUT2D eigenvalue weighted by molar-refractivity contribution is 0.102. The molecule has 0 aliphatic rings. The highest BCUT2D eigenvalue weighted by molar-refractivity contribution is 7.99. The molecule has 0 fully saturated rings. The summed E-state index contributed by atoms with van der Waals surface area (Å²) in [4.78, 5) is 15.7. The quantitative estimate of drug-likeness (QED) is 0.381. The van der Waals surface area contributed by atoms with Crippen molar-refractivity contribution >= 4 is 17.5 Å². The van der Waals surface area contributed by atoms with Gasteiger partial charge in [0, 0.05) is 23.1 Å². The molecular weight excluding hydrogens is 379 g/mol. The summed E-state index contributed by atoms with van der Waals surface area (Å²) in [6.07, 6.45) is 1.77. The molecule has 0 atom stereocenters. The van der Waals surface area contributed by atoms with Crippen LogP contribution in [-0.2, 0) is 0 Å². The van der Waals surface area contributed by atoms with Gasteiger partial charge in [0.1, 0.15) is 11.5 Å². The molecule has 4 aromatic rings. The van der Waals surface area contributed by atoms with E-state index in [1.54, 1.807) is 35.0 Å². The SMILES string of the molecule is Cc1cc(C(=O)CSc2nnc(-c3ccc[nH]3)o2)c(C)n1-c1ccccc1F. The van der Waals surface area contributed by atoms with Crippen LogP contribution in [-0.4, -0.2) is 31.3 Å². The number of halogens is 1. The molecule has 1 aromatic carbocycles. The summed E-state index contributed by atoms with van der Waals surface area (Å²) >= 11 is 1.18. The Morgan fingerprint density at radius 2 is 2.04 bits per heavy atom. The molecule has 8 heteroatoms. The minimum absolute atomic E-state index is 0.0830. The van der Waals surface area contributed by atoms with E-state index in [1.165, 1.54) is 17.8 Å². The zero-order valence-electron chi connectivity index (χ0n) is 15.3. The van der Waals surface area contributed by atoms with Crippen LogP contribution in [0.15, 0.2) is 58.3 Å². The van der Waals surface area contributed by atoms with Crippen LogP contribution < -0.4 is 0 Å². The van der Waals surface area contributed by atoms with E-state index < -0.39 is 0 Å². The number of aromatic amines is 1. The summed E-state index contributed by atoms with van der Waals surface area (Å²) in [6.45, 7) is 3.66. The van der Waals surface area contributed by atoms with Crippen molar-refractivity contribution in [2.45, 2.75) is 19.1 Å². The lowest BCUT2D eigenvalue weighted by Crippen LogP contribution is -2.06. The molecule has 142 valence electrons. The van der Waals surface area contributed by atoms with Gasteiger partial charge < -0.3 is 14.0 Å². The maximum absolute atomic E-state index is 14.2. The van der Waals surface area contributed by atoms with Crippen molar-refractivity contribution in [3.63, 3.8) is 0 Å². The first-order valence-electron chi connectivity index (χ1n) is 8.61. The fraction of sp³-hybridized carbons (Fsp3) is 0.150. The molecule has 0 bridgehead atoms. The number of nitrogens with one attached hydrogen (secondary N) is 1. The summed E-state index contributed by atoms with van der Waals surface area (Å²) in [7, 11) is 0. The summed E-state index contributed by atoms with van der Waals surface area (Å²) in [6, 6.07) is 11.9. The normalized spacial score (nSPS) is 11.1. The molecule has 3 aromatic heterocycles. The zero-order valence-corrected chi connectivity index (χ0v) is 16.1. The Balaban J connectivity index is 1.52. The number of rotatable bonds is 6. The van der Waals surface area contributed by atoms with Gasteiger partial charge in [-0.1, -0.05) is 23.9 Å². The van der Waals surface area contributed by atoms with Gasteiger partial charge in [0.2, 0.25) is 0 Å². The Hall–Kier alpha value is -3.13. The third kappa shape index (κ3) is 3.38. The van der Waals surface area contributed by atoms with E-state index in [9.17, 15) is 9.18 Å². The Bertz CT molecular complexity index is 1130.